The first kappa shape index (κ1) is 19.0. The lowest BCUT2D eigenvalue weighted by molar-refractivity contribution is -0.140. The molecule has 1 aromatic heterocycles. The molecule has 0 saturated carbocycles. The molecule has 0 aliphatic carbocycles. The number of fused-ring (bicyclic) bond motifs is 1. The molecule has 0 bridgehead atoms. The molecule has 2 aromatic carbocycles. The highest BCUT2D eigenvalue weighted by Crippen LogP contribution is 2.20. The van der Waals surface area contributed by atoms with Crippen molar-refractivity contribution in [1.29, 1.82) is 0 Å². The van der Waals surface area contributed by atoms with Crippen molar-refractivity contribution in [1.82, 2.24) is 9.88 Å². The van der Waals surface area contributed by atoms with E-state index >= 15 is 0 Å². The summed E-state index contributed by atoms with van der Waals surface area (Å²) >= 11 is 1.46. The summed E-state index contributed by atoms with van der Waals surface area (Å²) in [5, 5.41) is 0. The number of nitrogens with zero attached hydrogens (tertiary/aromatic N) is 2. The molecule has 0 aliphatic rings. The summed E-state index contributed by atoms with van der Waals surface area (Å²) in [7, 11) is 0. The molecule has 0 saturated heterocycles. The lowest BCUT2D eigenvalue weighted by Gasteiger charge is -2.35. The van der Waals surface area contributed by atoms with Crippen LogP contribution in [0.3, 0.4) is 0 Å². The first-order valence-electron chi connectivity index (χ1n) is 8.69. The Labute approximate surface area is 162 Å². The van der Waals surface area contributed by atoms with Crippen molar-refractivity contribution in [2.75, 3.05) is 6.61 Å². The van der Waals surface area contributed by atoms with Crippen molar-refractivity contribution in [3.05, 3.63) is 65.2 Å². The minimum absolute atomic E-state index is 0.224. The van der Waals surface area contributed by atoms with Gasteiger partial charge in [-0.3, -0.25) is 4.79 Å². The van der Waals surface area contributed by atoms with E-state index in [1.807, 2.05) is 51.1 Å². The van der Waals surface area contributed by atoms with Gasteiger partial charge in [-0.05, 0) is 44.5 Å². The molecule has 1 heterocycles. The lowest BCUT2D eigenvalue weighted by atomic mass is 10.0. The molecular formula is C21H22N2O3S. The Bertz CT molecular complexity index is 945. The third kappa shape index (κ3) is 4.71. The van der Waals surface area contributed by atoms with Crippen LogP contribution in [0.4, 0.5) is 0 Å². The summed E-state index contributed by atoms with van der Waals surface area (Å²) in [6.45, 7) is 6.07. The molecular weight excluding hydrogens is 360 g/mol. The van der Waals surface area contributed by atoms with E-state index in [2.05, 4.69) is 4.98 Å². The Morgan fingerprint density at radius 1 is 1.11 bits per heavy atom. The standard InChI is InChI=1S/C21H22N2O3S/c1-21(2,3)23(12-15-7-5-4-6-8-15)19(24)13-26-20(25)16-9-10-17-18(11-16)27-14-22-17/h4-11,14H,12-13H2,1-3H3. The van der Waals surface area contributed by atoms with Crippen LogP contribution < -0.4 is 0 Å². The fourth-order valence-electron chi connectivity index (χ4n) is 2.74. The van der Waals surface area contributed by atoms with Crippen LogP contribution in [0.2, 0.25) is 0 Å². The van der Waals surface area contributed by atoms with E-state index in [9.17, 15) is 9.59 Å². The average molecular weight is 382 g/mol. The molecule has 140 valence electrons. The SMILES string of the molecule is CC(C)(C)N(Cc1ccccc1)C(=O)COC(=O)c1ccc2ncsc2c1. The smallest absolute Gasteiger partial charge is 0.338 e. The predicted molar refractivity (Wildman–Crippen MR) is 107 cm³/mol. The fourth-order valence-corrected chi connectivity index (χ4v) is 3.45. The van der Waals surface area contributed by atoms with Gasteiger partial charge in [-0.15, -0.1) is 11.3 Å². The number of carbonyl (C=O) groups is 2. The highest BCUT2D eigenvalue weighted by Gasteiger charge is 2.27. The predicted octanol–water partition coefficient (Wildman–Crippen LogP) is 4.28. The quantitative estimate of drug-likeness (QED) is 0.618. The monoisotopic (exact) mass is 382 g/mol. The number of hydrogen-bond donors (Lipinski definition) is 0. The van der Waals surface area contributed by atoms with E-state index in [4.69, 9.17) is 4.74 Å². The van der Waals surface area contributed by atoms with E-state index in [1.54, 1.807) is 28.6 Å². The van der Waals surface area contributed by atoms with Crippen molar-refractivity contribution in [2.45, 2.75) is 32.9 Å². The molecule has 0 spiro atoms. The number of benzene rings is 2. The molecule has 0 unspecified atom stereocenters. The maximum Gasteiger partial charge on any atom is 0.338 e. The molecule has 5 nitrogen and oxygen atoms in total. The molecule has 0 N–H and O–H groups in total. The number of hydrogen-bond acceptors (Lipinski definition) is 5. The van der Waals surface area contributed by atoms with Crippen molar-refractivity contribution in [3.8, 4) is 0 Å². The van der Waals surface area contributed by atoms with Gasteiger partial charge in [-0.2, -0.15) is 0 Å². The second kappa shape index (κ2) is 7.88. The maximum atomic E-state index is 12.7. The van der Waals surface area contributed by atoms with Gasteiger partial charge >= 0.3 is 5.97 Å². The number of ether oxygens (including phenoxy) is 1. The van der Waals surface area contributed by atoms with Crippen LogP contribution >= 0.6 is 11.3 Å². The van der Waals surface area contributed by atoms with Gasteiger partial charge < -0.3 is 9.64 Å². The maximum absolute atomic E-state index is 12.7. The van der Waals surface area contributed by atoms with Gasteiger partial charge in [0, 0.05) is 12.1 Å². The molecule has 27 heavy (non-hydrogen) atoms. The van der Waals surface area contributed by atoms with Gasteiger partial charge in [0.15, 0.2) is 6.61 Å². The van der Waals surface area contributed by atoms with Gasteiger partial charge in [-0.25, -0.2) is 9.78 Å². The molecule has 3 aromatic rings. The summed E-state index contributed by atoms with van der Waals surface area (Å²) in [6, 6.07) is 15.0. The normalized spacial score (nSPS) is 11.4. The largest absolute Gasteiger partial charge is 0.452 e. The Hall–Kier alpha value is -2.73. The van der Waals surface area contributed by atoms with Crippen LogP contribution in [0.5, 0.6) is 0 Å². The van der Waals surface area contributed by atoms with Crippen LogP contribution in [0.15, 0.2) is 54.0 Å². The van der Waals surface area contributed by atoms with Crippen molar-refractivity contribution >= 4 is 33.4 Å². The highest BCUT2D eigenvalue weighted by molar-refractivity contribution is 7.16. The van der Waals surface area contributed by atoms with Crippen LogP contribution in [-0.2, 0) is 16.1 Å². The first-order valence-corrected chi connectivity index (χ1v) is 9.57. The number of aromatic nitrogens is 1. The Kier molecular flexibility index (Phi) is 5.56. The van der Waals surface area contributed by atoms with Gasteiger partial charge in [-0.1, -0.05) is 30.3 Å². The fraction of sp³-hybridized carbons (Fsp3) is 0.286. The molecule has 0 atom stereocenters. The van der Waals surface area contributed by atoms with Gasteiger partial charge in [0.2, 0.25) is 0 Å². The molecule has 3 rings (SSSR count). The van der Waals surface area contributed by atoms with E-state index in [-0.39, 0.29) is 18.1 Å². The minimum Gasteiger partial charge on any atom is -0.452 e. The zero-order valence-corrected chi connectivity index (χ0v) is 16.5. The highest BCUT2D eigenvalue weighted by atomic mass is 32.1. The minimum atomic E-state index is -0.507. The van der Waals surface area contributed by atoms with Crippen LogP contribution in [0.25, 0.3) is 10.2 Å². The van der Waals surface area contributed by atoms with E-state index in [0.29, 0.717) is 12.1 Å². The summed E-state index contributed by atoms with van der Waals surface area (Å²) in [4.78, 5) is 31.0. The summed E-state index contributed by atoms with van der Waals surface area (Å²) in [5.41, 5.74) is 3.64. The lowest BCUT2D eigenvalue weighted by Crippen LogP contribution is -2.46. The summed E-state index contributed by atoms with van der Waals surface area (Å²) < 4.78 is 6.20. The third-order valence-electron chi connectivity index (χ3n) is 4.19. The summed E-state index contributed by atoms with van der Waals surface area (Å²) in [5.74, 6) is -0.731. The second-order valence-corrected chi connectivity index (χ2v) is 8.13. The zero-order chi connectivity index (χ0) is 19.4. The van der Waals surface area contributed by atoms with Crippen LogP contribution in [0.1, 0.15) is 36.7 Å². The average Bonchev–Trinajstić information content (AvgIpc) is 3.11. The van der Waals surface area contributed by atoms with Gasteiger partial charge in [0.05, 0.1) is 21.3 Å². The molecule has 0 fully saturated rings. The van der Waals surface area contributed by atoms with Crippen LogP contribution in [-0.4, -0.2) is 33.9 Å². The molecule has 0 radical (unpaired) electrons. The number of esters is 1. The summed E-state index contributed by atoms with van der Waals surface area (Å²) in [6.07, 6.45) is 0. The van der Waals surface area contributed by atoms with Gasteiger partial charge in [0.1, 0.15) is 0 Å². The molecule has 6 heteroatoms. The third-order valence-corrected chi connectivity index (χ3v) is 4.98. The Morgan fingerprint density at radius 2 is 1.85 bits per heavy atom. The number of thiazole rings is 1. The zero-order valence-electron chi connectivity index (χ0n) is 15.6. The molecule has 0 aliphatic heterocycles. The van der Waals surface area contributed by atoms with E-state index < -0.39 is 5.97 Å². The number of carbonyl (C=O) groups excluding carboxylic acids is 2. The Balaban J connectivity index is 1.67. The second-order valence-electron chi connectivity index (χ2n) is 7.25. The van der Waals surface area contributed by atoms with E-state index in [0.717, 1.165) is 15.8 Å². The number of rotatable bonds is 5. The topological polar surface area (TPSA) is 59.5 Å². The van der Waals surface area contributed by atoms with Crippen LogP contribution in [0, 0.1) is 0 Å². The number of amides is 1. The first-order chi connectivity index (χ1) is 12.8. The van der Waals surface area contributed by atoms with Crippen molar-refractivity contribution in [2.24, 2.45) is 0 Å². The Morgan fingerprint density at radius 3 is 2.56 bits per heavy atom. The van der Waals surface area contributed by atoms with E-state index in [1.165, 1.54) is 11.3 Å². The van der Waals surface area contributed by atoms with Crippen molar-refractivity contribution < 1.29 is 14.3 Å². The van der Waals surface area contributed by atoms with Crippen molar-refractivity contribution in [3.63, 3.8) is 0 Å². The van der Waals surface area contributed by atoms with Gasteiger partial charge in [0.25, 0.3) is 5.91 Å². The molecule has 1 amide bonds.